The lowest BCUT2D eigenvalue weighted by Gasteiger charge is -2.34. The van der Waals surface area contributed by atoms with E-state index in [-0.39, 0.29) is 24.0 Å². The van der Waals surface area contributed by atoms with Crippen molar-refractivity contribution in [2.45, 2.75) is 39.8 Å². The van der Waals surface area contributed by atoms with E-state index in [0.717, 1.165) is 57.5 Å². The maximum Gasteiger partial charge on any atom is 0.191 e. The summed E-state index contributed by atoms with van der Waals surface area (Å²) in [6.07, 6.45) is 2.92. The lowest BCUT2D eigenvalue weighted by molar-refractivity contribution is 0.270. The fraction of sp³-hybridized carbons (Fsp3) is 0.545. The van der Waals surface area contributed by atoms with E-state index in [2.05, 4.69) is 75.4 Å². The highest BCUT2D eigenvalue weighted by Crippen LogP contribution is 2.17. The van der Waals surface area contributed by atoms with E-state index in [1.54, 1.807) is 0 Å². The molecule has 1 aliphatic heterocycles. The predicted octanol–water partition coefficient (Wildman–Crippen LogP) is 3.51. The first-order valence-electron chi connectivity index (χ1n) is 10.5. The van der Waals surface area contributed by atoms with Crippen LogP contribution in [0.2, 0.25) is 0 Å². The van der Waals surface area contributed by atoms with E-state index in [9.17, 15) is 0 Å². The molecule has 1 saturated heterocycles. The van der Waals surface area contributed by atoms with Gasteiger partial charge in [0.15, 0.2) is 5.96 Å². The second kappa shape index (κ2) is 12.5. The van der Waals surface area contributed by atoms with Gasteiger partial charge in [-0.15, -0.1) is 35.3 Å². The third kappa shape index (κ3) is 7.39. The lowest BCUT2D eigenvalue weighted by atomic mass is 10.2. The van der Waals surface area contributed by atoms with Crippen LogP contribution in [0.25, 0.3) is 0 Å². The molecule has 3 heterocycles. The van der Waals surface area contributed by atoms with E-state index in [4.69, 9.17) is 0 Å². The van der Waals surface area contributed by atoms with Crippen LogP contribution in [0, 0.1) is 6.92 Å². The number of hydrogen-bond donors (Lipinski definition) is 2. The summed E-state index contributed by atoms with van der Waals surface area (Å²) in [6, 6.07) is 8.99. The molecule has 1 fully saturated rings. The summed E-state index contributed by atoms with van der Waals surface area (Å²) in [5.41, 5.74) is 1.22. The molecule has 1 atom stereocenters. The first-order valence-corrected chi connectivity index (χ1v) is 11.3. The molecule has 8 heteroatoms. The van der Waals surface area contributed by atoms with E-state index >= 15 is 0 Å². The molecule has 0 aliphatic carbocycles. The van der Waals surface area contributed by atoms with Crippen molar-refractivity contribution in [3.63, 3.8) is 0 Å². The molecule has 0 spiro atoms. The monoisotopic (exact) mass is 542 g/mol. The fourth-order valence-corrected chi connectivity index (χ4v) is 4.62. The third-order valence-electron chi connectivity index (χ3n) is 5.32. The normalized spacial score (nSPS) is 16.1. The maximum absolute atomic E-state index is 4.59. The van der Waals surface area contributed by atoms with Gasteiger partial charge in [0.1, 0.15) is 5.82 Å². The molecule has 0 aromatic carbocycles. The average molecular weight is 543 g/mol. The van der Waals surface area contributed by atoms with E-state index in [1.165, 1.54) is 15.3 Å². The molecule has 30 heavy (non-hydrogen) atoms. The number of nitrogens with zero attached hydrogens (tertiary/aromatic N) is 4. The molecule has 0 amide bonds. The Labute approximate surface area is 202 Å². The predicted molar refractivity (Wildman–Crippen MR) is 140 cm³/mol. The van der Waals surface area contributed by atoms with Crippen molar-refractivity contribution in [2.24, 2.45) is 4.99 Å². The van der Waals surface area contributed by atoms with Crippen molar-refractivity contribution >= 4 is 47.1 Å². The fourth-order valence-electron chi connectivity index (χ4n) is 3.60. The largest absolute Gasteiger partial charge is 0.354 e. The van der Waals surface area contributed by atoms with Gasteiger partial charge >= 0.3 is 0 Å². The first kappa shape index (κ1) is 24.9. The minimum Gasteiger partial charge on any atom is -0.354 e. The number of hydrogen-bond acceptors (Lipinski definition) is 5. The van der Waals surface area contributed by atoms with Gasteiger partial charge in [0.25, 0.3) is 0 Å². The summed E-state index contributed by atoms with van der Waals surface area (Å²) in [4.78, 5) is 16.6. The maximum atomic E-state index is 4.59. The smallest absolute Gasteiger partial charge is 0.191 e. The van der Waals surface area contributed by atoms with E-state index in [0.29, 0.717) is 6.04 Å². The molecule has 0 radical (unpaired) electrons. The topological polar surface area (TPSA) is 55.8 Å². The average Bonchev–Trinajstić information content (AvgIpc) is 3.15. The first-order chi connectivity index (χ1) is 14.1. The van der Waals surface area contributed by atoms with Gasteiger partial charge in [0.2, 0.25) is 0 Å². The number of anilines is 1. The highest BCUT2D eigenvalue weighted by atomic mass is 127. The molecule has 6 nitrogen and oxygen atoms in total. The SMILES string of the molecule is CCN1CCN(c2cc(CNC(=NC)NC(C)Cc3ccc(C)s3)ccn2)CC1.I. The number of pyridine rings is 1. The molecule has 2 N–H and O–H groups in total. The zero-order valence-corrected chi connectivity index (χ0v) is 21.7. The third-order valence-corrected chi connectivity index (χ3v) is 6.35. The second-order valence-electron chi connectivity index (χ2n) is 7.63. The lowest BCUT2D eigenvalue weighted by Crippen LogP contribution is -2.46. The highest BCUT2D eigenvalue weighted by Gasteiger charge is 2.17. The van der Waals surface area contributed by atoms with Crippen LogP contribution in [0.4, 0.5) is 5.82 Å². The van der Waals surface area contributed by atoms with Gasteiger partial charge in [0.05, 0.1) is 0 Å². The summed E-state index contributed by atoms with van der Waals surface area (Å²) < 4.78 is 0. The van der Waals surface area contributed by atoms with Crippen molar-refractivity contribution < 1.29 is 0 Å². The van der Waals surface area contributed by atoms with Crippen LogP contribution in [-0.2, 0) is 13.0 Å². The minimum absolute atomic E-state index is 0. The Morgan fingerprint density at radius 2 is 2.00 bits per heavy atom. The molecule has 0 saturated carbocycles. The summed E-state index contributed by atoms with van der Waals surface area (Å²) in [5.74, 6) is 1.91. The molecule has 2 aromatic rings. The zero-order chi connectivity index (χ0) is 20.6. The van der Waals surface area contributed by atoms with Crippen LogP contribution in [-0.4, -0.2) is 61.7 Å². The molecule has 1 aliphatic rings. The number of halogens is 1. The van der Waals surface area contributed by atoms with Gasteiger partial charge in [-0.05, 0) is 50.2 Å². The van der Waals surface area contributed by atoms with Crippen molar-refractivity contribution in [3.05, 3.63) is 45.8 Å². The number of aliphatic imine (C=N–C) groups is 1. The number of guanidine groups is 1. The second-order valence-corrected chi connectivity index (χ2v) is 9.00. The van der Waals surface area contributed by atoms with Gasteiger partial charge in [-0.25, -0.2) is 4.98 Å². The molecule has 2 aromatic heterocycles. The van der Waals surface area contributed by atoms with Gasteiger partial charge in [-0.2, -0.15) is 0 Å². The number of likely N-dealkylation sites (N-methyl/N-ethyl adjacent to an activating group) is 1. The van der Waals surface area contributed by atoms with Crippen molar-refractivity contribution in [2.75, 3.05) is 44.7 Å². The Morgan fingerprint density at radius 3 is 2.63 bits per heavy atom. The quantitative estimate of drug-likeness (QED) is 0.319. The number of aromatic nitrogens is 1. The van der Waals surface area contributed by atoms with Crippen molar-refractivity contribution in [1.82, 2.24) is 20.5 Å². The van der Waals surface area contributed by atoms with Crippen molar-refractivity contribution in [3.8, 4) is 0 Å². The molecule has 1 unspecified atom stereocenters. The van der Waals surface area contributed by atoms with Crippen LogP contribution in [0.5, 0.6) is 0 Å². The Kier molecular flexibility index (Phi) is 10.3. The summed E-state index contributed by atoms with van der Waals surface area (Å²) in [5, 5.41) is 6.94. The van der Waals surface area contributed by atoms with Crippen LogP contribution in [0.1, 0.15) is 29.2 Å². The highest BCUT2D eigenvalue weighted by molar-refractivity contribution is 14.0. The van der Waals surface area contributed by atoms with Gasteiger partial charge in [0, 0.05) is 68.2 Å². The molecule has 166 valence electrons. The Balaban J connectivity index is 0.00000320. The Bertz CT molecular complexity index is 800. The standard InChI is InChI=1S/C22H34N6S.HI/c1-5-27-10-12-28(13-11-27)21-15-19(8-9-24-21)16-25-22(23-4)26-17(2)14-20-7-6-18(3)29-20;/h6-9,15,17H,5,10-14,16H2,1-4H3,(H2,23,25,26);1H. The van der Waals surface area contributed by atoms with Gasteiger partial charge in [-0.1, -0.05) is 6.92 Å². The molecule has 3 rings (SSSR count). The minimum atomic E-state index is 0. The van der Waals surface area contributed by atoms with Crippen LogP contribution < -0.4 is 15.5 Å². The molecular weight excluding hydrogens is 507 g/mol. The zero-order valence-electron chi connectivity index (χ0n) is 18.5. The number of rotatable bonds is 7. The van der Waals surface area contributed by atoms with Gasteiger partial charge in [-0.3, -0.25) is 4.99 Å². The summed E-state index contributed by atoms with van der Waals surface area (Å²) >= 11 is 1.86. The Morgan fingerprint density at radius 1 is 1.23 bits per heavy atom. The van der Waals surface area contributed by atoms with Crippen LogP contribution >= 0.6 is 35.3 Å². The number of aryl methyl sites for hydroxylation is 1. The van der Waals surface area contributed by atoms with Crippen LogP contribution in [0.15, 0.2) is 35.5 Å². The van der Waals surface area contributed by atoms with Crippen molar-refractivity contribution in [1.29, 1.82) is 0 Å². The molecule has 0 bridgehead atoms. The molecular formula is C22H35IN6S. The summed E-state index contributed by atoms with van der Waals surface area (Å²) in [7, 11) is 1.82. The number of nitrogens with one attached hydrogen (secondary N) is 2. The van der Waals surface area contributed by atoms with E-state index in [1.807, 2.05) is 24.6 Å². The van der Waals surface area contributed by atoms with E-state index < -0.39 is 0 Å². The van der Waals surface area contributed by atoms with Gasteiger partial charge < -0.3 is 20.4 Å². The summed E-state index contributed by atoms with van der Waals surface area (Å²) in [6.45, 7) is 12.7. The number of thiophene rings is 1. The Hall–Kier alpha value is -1.39. The number of piperazine rings is 1. The van der Waals surface area contributed by atoms with Crippen LogP contribution in [0.3, 0.4) is 0 Å².